The van der Waals surface area contributed by atoms with Crippen LogP contribution in [0.25, 0.3) is 0 Å². The van der Waals surface area contributed by atoms with Crippen molar-refractivity contribution in [3.05, 3.63) is 35.9 Å². The predicted molar refractivity (Wildman–Crippen MR) is 72.5 cm³/mol. The highest BCUT2D eigenvalue weighted by Crippen LogP contribution is 2.32. The first-order valence-corrected chi connectivity index (χ1v) is 7.07. The maximum atomic E-state index is 12.0. The van der Waals surface area contributed by atoms with Crippen molar-refractivity contribution in [2.75, 3.05) is 0 Å². The van der Waals surface area contributed by atoms with Crippen LogP contribution >= 0.6 is 0 Å². The van der Waals surface area contributed by atoms with Gasteiger partial charge in [-0.1, -0.05) is 38.0 Å². The number of ether oxygens (including phenoxy) is 1. The topological polar surface area (TPSA) is 26.3 Å². The van der Waals surface area contributed by atoms with E-state index in [-0.39, 0.29) is 12.1 Å². The summed E-state index contributed by atoms with van der Waals surface area (Å²) in [7, 11) is 0. The largest absolute Gasteiger partial charge is 0.458 e. The third kappa shape index (κ3) is 3.34. The number of unbranched alkanes of at least 4 members (excludes halogenated alkanes) is 1. The monoisotopic (exact) mass is 246 g/mol. The maximum absolute atomic E-state index is 12.0. The number of carbonyl (C=O) groups excluding carboxylic acids is 1. The smallest absolute Gasteiger partial charge is 0.338 e. The van der Waals surface area contributed by atoms with Gasteiger partial charge in [-0.15, -0.1) is 0 Å². The lowest BCUT2D eigenvalue weighted by molar-refractivity contribution is 0.0195. The Labute approximate surface area is 109 Å². The average Bonchev–Trinajstić information content (AvgIpc) is 2.84. The Bertz CT molecular complexity index is 372. The van der Waals surface area contributed by atoms with Gasteiger partial charge in [0, 0.05) is 0 Å². The van der Waals surface area contributed by atoms with Gasteiger partial charge in [0.05, 0.1) is 5.56 Å². The van der Waals surface area contributed by atoms with Gasteiger partial charge in [-0.25, -0.2) is 4.79 Å². The SMILES string of the molecule is CCCCC1CCCC1OC(=O)c1ccccc1. The van der Waals surface area contributed by atoms with E-state index in [4.69, 9.17) is 4.74 Å². The molecule has 0 heterocycles. The van der Waals surface area contributed by atoms with Crippen LogP contribution in [-0.4, -0.2) is 12.1 Å². The van der Waals surface area contributed by atoms with E-state index in [9.17, 15) is 4.79 Å². The van der Waals surface area contributed by atoms with Gasteiger partial charge in [0.25, 0.3) is 0 Å². The zero-order valence-corrected chi connectivity index (χ0v) is 11.1. The molecule has 0 bridgehead atoms. The minimum absolute atomic E-state index is 0.143. The second-order valence-corrected chi connectivity index (χ2v) is 5.14. The average molecular weight is 246 g/mol. The summed E-state index contributed by atoms with van der Waals surface area (Å²) in [5.41, 5.74) is 0.665. The second-order valence-electron chi connectivity index (χ2n) is 5.14. The highest BCUT2D eigenvalue weighted by molar-refractivity contribution is 5.89. The van der Waals surface area contributed by atoms with Crippen molar-refractivity contribution < 1.29 is 9.53 Å². The fraction of sp³-hybridized carbons (Fsp3) is 0.562. The lowest BCUT2D eigenvalue weighted by Crippen LogP contribution is -2.22. The number of carbonyl (C=O) groups is 1. The number of hydrogen-bond acceptors (Lipinski definition) is 2. The first-order chi connectivity index (χ1) is 8.81. The third-order valence-corrected chi connectivity index (χ3v) is 3.79. The van der Waals surface area contributed by atoms with Gasteiger partial charge < -0.3 is 4.74 Å². The molecule has 0 aromatic heterocycles. The number of hydrogen-bond donors (Lipinski definition) is 0. The fourth-order valence-corrected chi connectivity index (χ4v) is 2.73. The van der Waals surface area contributed by atoms with Gasteiger partial charge >= 0.3 is 5.97 Å². The lowest BCUT2D eigenvalue weighted by atomic mass is 9.98. The molecule has 2 rings (SSSR count). The summed E-state index contributed by atoms with van der Waals surface area (Å²) in [6.07, 6.45) is 7.24. The molecule has 1 saturated carbocycles. The second kappa shape index (κ2) is 6.58. The van der Waals surface area contributed by atoms with Crippen molar-refractivity contribution in [2.24, 2.45) is 5.92 Å². The molecular weight excluding hydrogens is 224 g/mol. The van der Waals surface area contributed by atoms with Crippen molar-refractivity contribution in [1.29, 1.82) is 0 Å². The van der Waals surface area contributed by atoms with Crippen LogP contribution in [0.2, 0.25) is 0 Å². The quantitative estimate of drug-likeness (QED) is 0.728. The molecule has 0 saturated heterocycles. The number of rotatable bonds is 5. The van der Waals surface area contributed by atoms with E-state index in [1.807, 2.05) is 30.3 Å². The van der Waals surface area contributed by atoms with Crippen molar-refractivity contribution in [1.82, 2.24) is 0 Å². The van der Waals surface area contributed by atoms with Gasteiger partial charge in [-0.05, 0) is 43.7 Å². The molecule has 2 atom stereocenters. The van der Waals surface area contributed by atoms with Gasteiger partial charge in [0.2, 0.25) is 0 Å². The highest BCUT2D eigenvalue weighted by atomic mass is 16.5. The summed E-state index contributed by atoms with van der Waals surface area (Å²) >= 11 is 0. The van der Waals surface area contributed by atoms with Gasteiger partial charge in [0.15, 0.2) is 0 Å². The molecule has 1 fully saturated rings. The number of esters is 1. The standard InChI is InChI=1S/C16H22O2/c1-2-3-8-13-11-7-12-15(13)18-16(17)14-9-5-4-6-10-14/h4-6,9-10,13,15H,2-3,7-8,11-12H2,1H3. The maximum Gasteiger partial charge on any atom is 0.338 e. The first kappa shape index (κ1) is 13.1. The molecule has 0 radical (unpaired) electrons. The van der Waals surface area contributed by atoms with Crippen LogP contribution in [0.15, 0.2) is 30.3 Å². The molecule has 0 N–H and O–H groups in total. The molecule has 1 aliphatic carbocycles. The fourth-order valence-electron chi connectivity index (χ4n) is 2.73. The van der Waals surface area contributed by atoms with Crippen molar-refractivity contribution in [2.45, 2.75) is 51.6 Å². The molecule has 98 valence electrons. The van der Waals surface area contributed by atoms with Gasteiger partial charge in [-0.2, -0.15) is 0 Å². The lowest BCUT2D eigenvalue weighted by Gasteiger charge is -2.19. The summed E-state index contributed by atoms with van der Waals surface area (Å²) in [6, 6.07) is 9.30. The van der Waals surface area contributed by atoms with E-state index >= 15 is 0 Å². The molecule has 0 spiro atoms. The van der Waals surface area contributed by atoms with Crippen LogP contribution in [0.5, 0.6) is 0 Å². The van der Waals surface area contributed by atoms with Crippen molar-refractivity contribution in [3.63, 3.8) is 0 Å². The van der Waals surface area contributed by atoms with E-state index in [1.54, 1.807) is 0 Å². The Kier molecular flexibility index (Phi) is 4.80. The zero-order chi connectivity index (χ0) is 12.8. The van der Waals surface area contributed by atoms with E-state index in [2.05, 4.69) is 6.92 Å². The van der Waals surface area contributed by atoms with Crippen molar-refractivity contribution >= 4 is 5.97 Å². The van der Waals surface area contributed by atoms with Gasteiger partial charge in [-0.3, -0.25) is 0 Å². The normalized spacial score (nSPS) is 22.9. The Morgan fingerprint density at radius 1 is 1.28 bits per heavy atom. The van der Waals surface area contributed by atoms with Crippen LogP contribution in [0.3, 0.4) is 0 Å². The third-order valence-electron chi connectivity index (χ3n) is 3.79. The molecule has 1 aromatic carbocycles. The summed E-state index contributed by atoms with van der Waals surface area (Å²) in [5.74, 6) is 0.418. The predicted octanol–water partition coefficient (Wildman–Crippen LogP) is 4.20. The first-order valence-electron chi connectivity index (χ1n) is 7.07. The highest BCUT2D eigenvalue weighted by Gasteiger charge is 2.30. The van der Waals surface area contributed by atoms with Gasteiger partial charge in [0.1, 0.15) is 6.10 Å². The van der Waals surface area contributed by atoms with E-state index in [0.29, 0.717) is 11.5 Å². The molecule has 0 aliphatic heterocycles. The van der Waals surface area contributed by atoms with E-state index in [1.165, 1.54) is 32.1 Å². The van der Waals surface area contributed by atoms with Crippen molar-refractivity contribution in [3.8, 4) is 0 Å². The Balaban J connectivity index is 1.90. The molecular formula is C16H22O2. The van der Waals surface area contributed by atoms with E-state index in [0.717, 1.165) is 6.42 Å². The number of benzene rings is 1. The molecule has 0 amide bonds. The van der Waals surface area contributed by atoms with Crippen LogP contribution in [-0.2, 0) is 4.74 Å². The molecule has 2 nitrogen and oxygen atoms in total. The summed E-state index contributed by atoms with van der Waals surface area (Å²) in [5, 5.41) is 0. The summed E-state index contributed by atoms with van der Waals surface area (Å²) in [6.45, 7) is 2.21. The summed E-state index contributed by atoms with van der Waals surface area (Å²) in [4.78, 5) is 12.0. The van der Waals surface area contributed by atoms with Crippen LogP contribution in [0, 0.1) is 5.92 Å². The molecule has 2 unspecified atom stereocenters. The molecule has 1 aromatic rings. The Morgan fingerprint density at radius 3 is 2.78 bits per heavy atom. The summed E-state index contributed by atoms with van der Waals surface area (Å²) < 4.78 is 5.67. The molecule has 18 heavy (non-hydrogen) atoms. The Morgan fingerprint density at radius 2 is 2.06 bits per heavy atom. The Hall–Kier alpha value is -1.31. The van der Waals surface area contributed by atoms with E-state index < -0.39 is 0 Å². The minimum atomic E-state index is -0.163. The van der Waals surface area contributed by atoms with Crippen LogP contribution < -0.4 is 0 Å². The minimum Gasteiger partial charge on any atom is -0.458 e. The van der Waals surface area contributed by atoms with Crippen LogP contribution in [0.1, 0.15) is 55.8 Å². The molecule has 1 aliphatic rings. The van der Waals surface area contributed by atoms with Crippen LogP contribution in [0.4, 0.5) is 0 Å². The molecule has 2 heteroatoms. The zero-order valence-electron chi connectivity index (χ0n) is 11.1.